The fourth-order valence-corrected chi connectivity index (χ4v) is 3.21. The molecule has 2 heterocycles. The van der Waals surface area contributed by atoms with Gasteiger partial charge >= 0.3 is 0 Å². The third kappa shape index (κ3) is 2.38. The number of nitrogens with one attached hydrogen (secondary N) is 1. The van der Waals surface area contributed by atoms with E-state index in [1.165, 1.54) is 12.1 Å². The molecule has 0 radical (unpaired) electrons. The number of nitro benzene ring substituents is 1. The molecule has 0 saturated carbocycles. The van der Waals surface area contributed by atoms with Gasteiger partial charge in [-0.05, 0) is 17.9 Å². The highest BCUT2D eigenvalue weighted by Crippen LogP contribution is 2.27. The van der Waals surface area contributed by atoms with Crippen LogP contribution in [0.4, 0.5) is 5.69 Å². The molecule has 0 unspecified atom stereocenters. The predicted octanol–water partition coefficient (Wildman–Crippen LogP) is 0.958. The molecule has 0 aliphatic carbocycles. The standard InChI is InChI=1S/C14H17N3O3/c18-14(16-5-4-11-8-15-9-13(11)16)7-10-2-1-3-12(6-10)17(19)20/h1-3,6,11,13,15H,4-5,7-9H2/t11-,13+/m0/s1. The van der Waals surface area contributed by atoms with E-state index in [2.05, 4.69) is 5.32 Å². The molecule has 2 aliphatic rings. The molecule has 2 saturated heterocycles. The van der Waals surface area contributed by atoms with Crippen LogP contribution in [0.15, 0.2) is 24.3 Å². The first-order valence-electron chi connectivity index (χ1n) is 6.88. The molecule has 0 spiro atoms. The predicted molar refractivity (Wildman–Crippen MR) is 73.3 cm³/mol. The molecule has 106 valence electrons. The lowest BCUT2D eigenvalue weighted by atomic mass is 10.0. The molecule has 2 fully saturated rings. The van der Waals surface area contributed by atoms with Crippen molar-refractivity contribution in [3.63, 3.8) is 0 Å². The first-order valence-corrected chi connectivity index (χ1v) is 6.88. The number of carbonyl (C=O) groups excluding carboxylic acids is 1. The second-order valence-electron chi connectivity index (χ2n) is 5.47. The van der Waals surface area contributed by atoms with Gasteiger partial charge in [0.15, 0.2) is 0 Å². The van der Waals surface area contributed by atoms with E-state index >= 15 is 0 Å². The zero-order valence-corrected chi connectivity index (χ0v) is 11.1. The highest BCUT2D eigenvalue weighted by atomic mass is 16.6. The Morgan fingerprint density at radius 2 is 2.30 bits per heavy atom. The fraction of sp³-hybridized carbons (Fsp3) is 0.500. The number of amides is 1. The van der Waals surface area contributed by atoms with Crippen LogP contribution in [0.5, 0.6) is 0 Å². The molecular weight excluding hydrogens is 258 g/mol. The SMILES string of the molecule is O=C(Cc1cccc([N+](=O)[O-])c1)N1CC[C@H]2CNC[C@H]21. The van der Waals surface area contributed by atoms with Crippen molar-refractivity contribution >= 4 is 11.6 Å². The van der Waals surface area contributed by atoms with Gasteiger partial charge in [-0.2, -0.15) is 0 Å². The van der Waals surface area contributed by atoms with Crippen molar-refractivity contribution in [2.75, 3.05) is 19.6 Å². The number of fused-ring (bicyclic) bond motifs is 1. The summed E-state index contributed by atoms with van der Waals surface area (Å²) in [5.41, 5.74) is 0.746. The Morgan fingerprint density at radius 1 is 1.45 bits per heavy atom. The van der Waals surface area contributed by atoms with Crippen molar-refractivity contribution in [1.29, 1.82) is 0 Å². The molecule has 0 bridgehead atoms. The maximum atomic E-state index is 12.4. The Balaban J connectivity index is 1.70. The fourth-order valence-electron chi connectivity index (χ4n) is 3.21. The Labute approximate surface area is 116 Å². The third-order valence-electron chi connectivity index (χ3n) is 4.24. The van der Waals surface area contributed by atoms with Gasteiger partial charge in [-0.15, -0.1) is 0 Å². The minimum Gasteiger partial charge on any atom is -0.338 e. The van der Waals surface area contributed by atoms with E-state index in [1.807, 2.05) is 4.90 Å². The van der Waals surface area contributed by atoms with E-state index in [1.54, 1.807) is 12.1 Å². The monoisotopic (exact) mass is 275 g/mol. The van der Waals surface area contributed by atoms with E-state index < -0.39 is 4.92 Å². The van der Waals surface area contributed by atoms with Gasteiger partial charge in [-0.25, -0.2) is 0 Å². The molecule has 6 heteroatoms. The molecule has 1 aromatic rings. The van der Waals surface area contributed by atoms with Crippen LogP contribution < -0.4 is 5.32 Å². The summed E-state index contributed by atoms with van der Waals surface area (Å²) in [7, 11) is 0. The Hall–Kier alpha value is -1.95. The molecule has 2 atom stereocenters. The maximum Gasteiger partial charge on any atom is 0.269 e. The van der Waals surface area contributed by atoms with Crippen molar-refractivity contribution in [3.8, 4) is 0 Å². The molecule has 6 nitrogen and oxygen atoms in total. The summed E-state index contributed by atoms with van der Waals surface area (Å²) < 4.78 is 0. The highest BCUT2D eigenvalue weighted by Gasteiger charge is 2.39. The molecule has 1 aromatic carbocycles. The van der Waals surface area contributed by atoms with Crippen LogP contribution in [-0.4, -0.2) is 41.4 Å². The van der Waals surface area contributed by atoms with Gasteiger partial charge in [-0.3, -0.25) is 14.9 Å². The molecule has 20 heavy (non-hydrogen) atoms. The van der Waals surface area contributed by atoms with Crippen LogP contribution in [-0.2, 0) is 11.2 Å². The van der Waals surface area contributed by atoms with E-state index in [4.69, 9.17) is 0 Å². The number of hydrogen-bond donors (Lipinski definition) is 1. The van der Waals surface area contributed by atoms with Gasteiger partial charge < -0.3 is 10.2 Å². The van der Waals surface area contributed by atoms with Crippen molar-refractivity contribution in [1.82, 2.24) is 10.2 Å². The average Bonchev–Trinajstić information content (AvgIpc) is 3.00. The zero-order valence-electron chi connectivity index (χ0n) is 11.1. The first kappa shape index (κ1) is 13.1. The summed E-state index contributed by atoms with van der Waals surface area (Å²) in [6.07, 6.45) is 1.29. The van der Waals surface area contributed by atoms with Crippen molar-refractivity contribution in [2.45, 2.75) is 18.9 Å². The lowest BCUT2D eigenvalue weighted by Crippen LogP contribution is -2.39. The van der Waals surface area contributed by atoms with Crippen LogP contribution in [0.25, 0.3) is 0 Å². The summed E-state index contributed by atoms with van der Waals surface area (Å²) in [4.78, 5) is 24.6. The molecule has 1 N–H and O–H groups in total. The van der Waals surface area contributed by atoms with Gasteiger partial charge in [0.25, 0.3) is 5.69 Å². The summed E-state index contributed by atoms with van der Waals surface area (Å²) in [6, 6.07) is 6.64. The summed E-state index contributed by atoms with van der Waals surface area (Å²) >= 11 is 0. The molecular formula is C14H17N3O3. The number of carbonyl (C=O) groups is 1. The number of rotatable bonds is 3. The van der Waals surface area contributed by atoms with E-state index in [0.717, 1.165) is 26.1 Å². The van der Waals surface area contributed by atoms with Crippen LogP contribution >= 0.6 is 0 Å². The maximum absolute atomic E-state index is 12.4. The lowest BCUT2D eigenvalue weighted by molar-refractivity contribution is -0.384. The lowest BCUT2D eigenvalue weighted by Gasteiger charge is -2.23. The number of hydrogen-bond acceptors (Lipinski definition) is 4. The van der Waals surface area contributed by atoms with Gasteiger partial charge in [-0.1, -0.05) is 12.1 Å². The topological polar surface area (TPSA) is 75.5 Å². The van der Waals surface area contributed by atoms with Crippen LogP contribution in [0.1, 0.15) is 12.0 Å². The normalized spacial score (nSPS) is 24.7. The first-order chi connectivity index (χ1) is 9.65. The Morgan fingerprint density at radius 3 is 3.10 bits per heavy atom. The summed E-state index contributed by atoms with van der Waals surface area (Å²) in [6.45, 7) is 2.67. The van der Waals surface area contributed by atoms with Crippen molar-refractivity contribution in [2.24, 2.45) is 5.92 Å². The van der Waals surface area contributed by atoms with Gasteiger partial charge in [0.2, 0.25) is 5.91 Å². The van der Waals surface area contributed by atoms with Crippen LogP contribution in [0.2, 0.25) is 0 Å². The Bertz CT molecular complexity index is 546. The van der Waals surface area contributed by atoms with Gasteiger partial charge in [0, 0.05) is 37.8 Å². The minimum atomic E-state index is -0.430. The number of non-ortho nitro benzene ring substituents is 1. The smallest absolute Gasteiger partial charge is 0.269 e. The van der Waals surface area contributed by atoms with Crippen LogP contribution in [0.3, 0.4) is 0 Å². The number of likely N-dealkylation sites (tertiary alicyclic amines) is 1. The molecule has 0 aromatic heterocycles. The van der Waals surface area contributed by atoms with Crippen LogP contribution in [0, 0.1) is 16.0 Å². The largest absolute Gasteiger partial charge is 0.338 e. The zero-order chi connectivity index (χ0) is 14.1. The summed E-state index contributed by atoms with van der Waals surface area (Å²) in [5, 5.41) is 14.1. The van der Waals surface area contributed by atoms with E-state index in [0.29, 0.717) is 17.5 Å². The van der Waals surface area contributed by atoms with Crippen molar-refractivity contribution < 1.29 is 9.72 Å². The third-order valence-corrected chi connectivity index (χ3v) is 4.24. The second kappa shape index (κ2) is 5.20. The van der Waals surface area contributed by atoms with Crippen molar-refractivity contribution in [3.05, 3.63) is 39.9 Å². The van der Waals surface area contributed by atoms with Gasteiger partial charge in [0.1, 0.15) is 0 Å². The number of nitrogens with zero attached hydrogens (tertiary/aromatic N) is 2. The van der Waals surface area contributed by atoms with E-state index in [9.17, 15) is 14.9 Å². The Kier molecular flexibility index (Phi) is 3.40. The number of nitro groups is 1. The minimum absolute atomic E-state index is 0.0390. The van der Waals surface area contributed by atoms with E-state index in [-0.39, 0.29) is 18.0 Å². The summed E-state index contributed by atoms with van der Waals surface area (Å²) in [5.74, 6) is 0.644. The number of benzene rings is 1. The quantitative estimate of drug-likeness (QED) is 0.658. The molecule has 3 rings (SSSR count). The highest BCUT2D eigenvalue weighted by molar-refractivity contribution is 5.79. The second-order valence-corrected chi connectivity index (χ2v) is 5.47. The molecule has 2 aliphatic heterocycles. The van der Waals surface area contributed by atoms with Gasteiger partial charge in [0.05, 0.1) is 11.3 Å². The average molecular weight is 275 g/mol. The molecule has 1 amide bonds.